The molecule has 1 saturated carbocycles. The fourth-order valence-corrected chi connectivity index (χ4v) is 1.92. The fraction of sp³-hybridized carbons (Fsp3) is 0.600. The maximum atomic E-state index is 11.1. The van der Waals surface area contributed by atoms with Gasteiger partial charge in [0.25, 0.3) is 0 Å². The Morgan fingerprint density at radius 1 is 1.25 bits per heavy atom. The zero-order valence-corrected chi connectivity index (χ0v) is 7.01. The fourth-order valence-electron chi connectivity index (χ4n) is 1.92. The molecule has 0 amide bonds. The Hall–Kier alpha value is -0.920. The normalized spacial score (nSPS) is 29.7. The average molecular weight is 164 g/mol. The minimum Gasteiger partial charge on any atom is -0.291 e. The van der Waals surface area contributed by atoms with E-state index in [0.717, 1.165) is 12.8 Å². The summed E-state index contributed by atoms with van der Waals surface area (Å²) in [6.45, 7) is 0. The Kier molecular flexibility index (Phi) is 1.83. The first-order valence-electron chi connectivity index (χ1n) is 4.55. The van der Waals surface area contributed by atoms with Crippen molar-refractivity contribution in [1.29, 1.82) is 0 Å². The molecular formula is C10H12O2. The molecule has 2 nitrogen and oxygen atoms in total. The number of Topliss-reactive ketones (excluding diaryl/α,β-unsaturated/α-hetero) is 2. The molecule has 0 radical (unpaired) electrons. The second-order valence-electron chi connectivity index (χ2n) is 3.57. The Balaban J connectivity index is 2.06. The third-order valence-electron chi connectivity index (χ3n) is 2.75. The maximum Gasteiger partial charge on any atom is 0.205 e. The molecule has 1 fully saturated rings. The van der Waals surface area contributed by atoms with Gasteiger partial charge in [-0.15, -0.1) is 0 Å². The van der Waals surface area contributed by atoms with Crippen molar-refractivity contribution < 1.29 is 9.59 Å². The van der Waals surface area contributed by atoms with E-state index in [1.807, 2.05) is 0 Å². The van der Waals surface area contributed by atoms with Crippen LogP contribution in [0.1, 0.15) is 32.1 Å². The van der Waals surface area contributed by atoms with E-state index in [2.05, 4.69) is 6.08 Å². The third-order valence-corrected chi connectivity index (χ3v) is 2.75. The van der Waals surface area contributed by atoms with Crippen LogP contribution in [0.25, 0.3) is 0 Å². The summed E-state index contributed by atoms with van der Waals surface area (Å²) in [6.07, 6.45) is 7.17. The van der Waals surface area contributed by atoms with Gasteiger partial charge in [-0.2, -0.15) is 0 Å². The van der Waals surface area contributed by atoms with E-state index in [1.165, 1.54) is 18.4 Å². The lowest BCUT2D eigenvalue weighted by Crippen LogP contribution is -2.38. The predicted molar refractivity (Wildman–Crippen MR) is 44.7 cm³/mol. The first-order valence-corrected chi connectivity index (χ1v) is 4.55. The number of ketones is 2. The minimum absolute atomic E-state index is 0.0159. The highest BCUT2D eigenvalue weighted by Crippen LogP contribution is 2.32. The standard InChI is InChI=1S/C10H12O2/c11-9-6-8(10(9)12)7-4-2-1-3-5-7/h4,8H,1-3,5-6H2. The molecule has 2 aliphatic carbocycles. The second-order valence-corrected chi connectivity index (χ2v) is 3.57. The average Bonchev–Trinajstić information content (AvgIpc) is 2.15. The molecule has 0 spiro atoms. The van der Waals surface area contributed by atoms with E-state index in [4.69, 9.17) is 0 Å². The third kappa shape index (κ3) is 1.11. The van der Waals surface area contributed by atoms with Crippen LogP contribution in [0.5, 0.6) is 0 Å². The van der Waals surface area contributed by atoms with Gasteiger partial charge in [0.05, 0.1) is 5.92 Å². The van der Waals surface area contributed by atoms with E-state index < -0.39 is 0 Å². The molecule has 0 heterocycles. The highest BCUT2D eigenvalue weighted by molar-refractivity contribution is 6.45. The van der Waals surface area contributed by atoms with E-state index >= 15 is 0 Å². The Labute approximate surface area is 71.6 Å². The predicted octanol–water partition coefficient (Wildman–Crippen LogP) is 1.64. The SMILES string of the molecule is O=C1CC(C2=CCCCC2)C1=O. The molecule has 0 aromatic carbocycles. The van der Waals surface area contributed by atoms with Crippen LogP contribution in [0.15, 0.2) is 11.6 Å². The minimum atomic E-state index is -0.175. The molecular weight excluding hydrogens is 152 g/mol. The van der Waals surface area contributed by atoms with Crippen molar-refractivity contribution in [3.8, 4) is 0 Å². The molecule has 0 aliphatic heterocycles. The Morgan fingerprint density at radius 3 is 2.58 bits per heavy atom. The van der Waals surface area contributed by atoms with Gasteiger partial charge in [-0.1, -0.05) is 11.6 Å². The van der Waals surface area contributed by atoms with Gasteiger partial charge in [0.15, 0.2) is 5.78 Å². The van der Waals surface area contributed by atoms with Crippen LogP contribution in [0, 0.1) is 5.92 Å². The quantitative estimate of drug-likeness (QED) is 0.436. The van der Waals surface area contributed by atoms with E-state index in [9.17, 15) is 9.59 Å². The summed E-state index contributed by atoms with van der Waals surface area (Å²) < 4.78 is 0. The zero-order chi connectivity index (χ0) is 8.55. The molecule has 0 bridgehead atoms. The van der Waals surface area contributed by atoms with Gasteiger partial charge in [0.1, 0.15) is 0 Å². The summed E-state index contributed by atoms with van der Waals surface area (Å²) in [5.74, 6) is -0.340. The molecule has 0 saturated heterocycles. The van der Waals surface area contributed by atoms with Gasteiger partial charge in [-0.3, -0.25) is 9.59 Å². The number of allylic oxidation sites excluding steroid dienone is 2. The van der Waals surface area contributed by atoms with Gasteiger partial charge >= 0.3 is 0 Å². The second kappa shape index (κ2) is 2.85. The van der Waals surface area contributed by atoms with Crippen LogP contribution in [0.4, 0.5) is 0 Å². The lowest BCUT2D eigenvalue weighted by atomic mass is 9.74. The number of rotatable bonds is 1. The number of hydrogen-bond acceptors (Lipinski definition) is 2. The number of carbonyl (C=O) groups excluding carboxylic acids is 2. The van der Waals surface area contributed by atoms with Crippen molar-refractivity contribution in [1.82, 2.24) is 0 Å². The maximum absolute atomic E-state index is 11.1. The molecule has 64 valence electrons. The van der Waals surface area contributed by atoms with Gasteiger partial charge in [-0.05, 0) is 25.7 Å². The summed E-state index contributed by atoms with van der Waals surface area (Å²) in [5, 5.41) is 0. The van der Waals surface area contributed by atoms with Crippen LogP contribution in [0.2, 0.25) is 0 Å². The van der Waals surface area contributed by atoms with Crippen molar-refractivity contribution in [3.05, 3.63) is 11.6 Å². The summed E-state index contributed by atoms with van der Waals surface area (Å²) in [5.41, 5.74) is 1.23. The molecule has 0 aromatic heterocycles. The molecule has 12 heavy (non-hydrogen) atoms. The number of carbonyl (C=O) groups is 2. The molecule has 1 atom stereocenters. The lowest BCUT2D eigenvalue weighted by molar-refractivity contribution is -0.145. The number of hydrogen-bond donors (Lipinski definition) is 0. The summed E-state index contributed by atoms with van der Waals surface area (Å²) in [4.78, 5) is 21.8. The van der Waals surface area contributed by atoms with Crippen molar-refractivity contribution in [2.45, 2.75) is 32.1 Å². The molecule has 0 N–H and O–H groups in total. The van der Waals surface area contributed by atoms with Crippen LogP contribution in [0.3, 0.4) is 0 Å². The van der Waals surface area contributed by atoms with Crippen molar-refractivity contribution in [2.75, 3.05) is 0 Å². The summed E-state index contributed by atoms with van der Waals surface area (Å²) >= 11 is 0. The van der Waals surface area contributed by atoms with Gasteiger partial charge in [-0.25, -0.2) is 0 Å². The largest absolute Gasteiger partial charge is 0.291 e. The van der Waals surface area contributed by atoms with Crippen molar-refractivity contribution in [2.24, 2.45) is 5.92 Å². The summed E-state index contributed by atoms with van der Waals surface area (Å²) in [6, 6.07) is 0. The first-order chi connectivity index (χ1) is 5.79. The molecule has 1 unspecified atom stereocenters. The van der Waals surface area contributed by atoms with Crippen LogP contribution in [-0.2, 0) is 9.59 Å². The van der Waals surface area contributed by atoms with Crippen LogP contribution >= 0.6 is 0 Å². The first kappa shape index (κ1) is 7.71. The van der Waals surface area contributed by atoms with Gasteiger partial charge in [0.2, 0.25) is 5.78 Å². The zero-order valence-electron chi connectivity index (χ0n) is 7.01. The molecule has 0 aromatic rings. The van der Waals surface area contributed by atoms with E-state index in [-0.39, 0.29) is 17.5 Å². The molecule has 2 heteroatoms. The smallest absolute Gasteiger partial charge is 0.205 e. The topological polar surface area (TPSA) is 34.1 Å². The van der Waals surface area contributed by atoms with Crippen molar-refractivity contribution in [3.63, 3.8) is 0 Å². The van der Waals surface area contributed by atoms with Crippen molar-refractivity contribution >= 4 is 11.6 Å². The van der Waals surface area contributed by atoms with Gasteiger partial charge in [0, 0.05) is 6.42 Å². The van der Waals surface area contributed by atoms with Crippen LogP contribution < -0.4 is 0 Å². The molecule has 2 aliphatic rings. The van der Waals surface area contributed by atoms with Gasteiger partial charge < -0.3 is 0 Å². The van der Waals surface area contributed by atoms with E-state index in [0.29, 0.717) is 6.42 Å². The Morgan fingerprint density at radius 2 is 2.08 bits per heavy atom. The Bertz CT molecular complexity index is 263. The highest BCUT2D eigenvalue weighted by atomic mass is 16.2. The van der Waals surface area contributed by atoms with Crippen LogP contribution in [-0.4, -0.2) is 11.6 Å². The van der Waals surface area contributed by atoms with E-state index in [1.54, 1.807) is 0 Å². The molecule has 2 rings (SSSR count). The monoisotopic (exact) mass is 164 g/mol. The highest BCUT2D eigenvalue weighted by Gasteiger charge is 2.39. The summed E-state index contributed by atoms with van der Waals surface area (Å²) in [7, 11) is 0. The lowest BCUT2D eigenvalue weighted by Gasteiger charge is -2.27.